The zero-order valence-electron chi connectivity index (χ0n) is 10.6. The van der Waals surface area contributed by atoms with E-state index in [1.54, 1.807) is 12.1 Å². The van der Waals surface area contributed by atoms with Crippen LogP contribution in [0, 0.1) is 0 Å². The molecule has 94 valence electrons. The first-order chi connectivity index (χ1) is 8.00. The van der Waals surface area contributed by atoms with Crippen molar-refractivity contribution in [1.29, 1.82) is 0 Å². The molecule has 5 heteroatoms. The number of nitrogens with two attached hydrogens (primary N) is 1. The number of nitrogens with one attached hydrogen (secondary N) is 1. The third-order valence-electron chi connectivity index (χ3n) is 2.70. The first-order valence-electron chi connectivity index (χ1n) is 5.70. The second kappa shape index (κ2) is 6.20. The van der Waals surface area contributed by atoms with Crippen molar-refractivity contribution in [3.63, 3.8) is 0 Å². The first kappa shape index (κ1) is 13.4. The molecule has 17 heavy (non-hydrogen) atoms. The van der Waals surface area contributed by atoms with Gasteiger partial charge in [-0.1, -0.05) is 0 Å². The minimum Gasteiger partial charge on any atom is -0.369 e. The van der Waals surface area contributed by atoms with Crippen molar-refractivity contribution in [3.8, 4) is 0 Å². The van der Waals surface area contributed by atoms with Gasteiger partial charge in [-0.05, 0) is 33.0 Å². The highest BCUT2D eigenvalue weighted by molar-refractivity contribution is 5.92. The molecule has 1 heterocycles. The van der Waals surface area contributed by atoms with E-state index < -0.39 is 5.91 Å². The molecule has 0 unspecified atom stereocenters. The number of aromatic nitrogens is 1. The highest BCUT2D eigenvalue weighted by Gasteiger charge is 2.03. The van der Waals surface area contributed by atoms with Crippen LogP contribution in [0.1, 0.15) is 24.2 Å². The lowest BCUT2D eigenvalue weighted by molar-refractivity contribution is 0.1000. The van der Waals surface area contributed by atoms with Gasteiger partial charge in [0.25, 0.3) is 0 Å². The molecule has 0 spiro atoms. The fraction of sp³-hybridized carbons (Fsp3) is 0.500. The number of nitrogens with zero attached hydrogens (tertiary/aromatic N) is 2. The summed E-state index contributed by atoms with van der Waals surface area (Å²) in [6, 6.07) is 3.96. The lowest BCUT2D eigenvalue weighted by Crippen LogP contribution is -2.31. The van der Waals surface area contributed by atoms with Crippen LogP contribution >= 0.6 is 0 Å². The lowest BCUT2D eigenvalue weighted by Gasteiger charge is -2.21. The Kier molecular flexibility index (Phi) is 4.90. The van der Waals surface area contributed by atoms with E-state index in [0.717, 1.165) is 18.9 Å². The van der Waals surface area contributed by atoms with Crippen LogP contribution < -0.4 is 11.1 Å². The molecule has 0 aliphatic rings. The summed E-state index contributed by atoms with van der Waals surface area (Å²) in [7, 11) is 2.08. The first-order valence-corrected chi connectivity index (χ1v) is 5.70. The highest BCUT2D eigenvalue weighted by Crippen LogP contribution is 2.04. The summed E-state index contributed by atoms with van der Waals surface area (Å²) in [6.45, 7) is 6.06. The Morgan fingerprint density at radius 2 is 2.24 bits per heavy atom. The van der Waals surface area contributed by atoms with Gasteiger partial charge in [-0.2, -0.15) is 0 Å². The molecule has 1 aromatic rings. The normalized spacial score (nSPS) is 10.9. The van der Waals surface area contributed by atoms with Crippen molar-refractivity contribution in [2.45, 2.75) is 19.9 Å². The number of rotatable bonds is 6. The molecule has 5 nitrogen and oxygen atoms in total. The molecule has 1 amide bonds. The number of carbonyl (C=O) groups is 1. The lowest BCUT2D eigenvalue weighted by atomic mass is 10.3. The zero-order chi connectivity index (χ0) is 12.8. The predicted molar refractivity (Wildman–Crippen MR) is 69.0 cm³/mol. The maximum absolute atomic E-state index is 10.8. The Labute approximate surface area is 102 Å². The Hall–Kier alpha value is -1.62. The molecular weight excluding hydrogens is 216 g/mol. The maximum atomic E-state index is 10.8. The number of hydrogen-bond acceptors (Lipinski definition) is 4. The van der Waals surface area contributed by atoms with E-state index in [2.05, 4.69) is 36.1 Å². The van der Waals surface area contributed by atoms with Crippen LogP contribution in [0.15, 0.2) is 18.3 Å². The monoisotopic (exact) mass is 236 g/mol. The van der Waals surface area contributed by atoms with Crippen LogP contribution in [0.2, 0.25) is 0 Å². The average molecular weight is 236 g/mol. The standard InChI is InChI=1S/C12H20N4O/c1-9(2)16(3)7-6-14-11-5-4-10(8-15-11)12(13)17/h4-5,8-9H,6-7H2,1-3H3,(H2,13,17)(H,14,15). The van der Waals surface area contributed by atoms with Crippen molar-refractivity contribution in [2.24, 2.45) is 5.73 Å². The Bertz CT molecular complexity index is 361. The summed E-state index contributed by atoms with van der Waals surface area (Å²) < 4.78 is 0. The zero-order valence-corrected chi connectivity index (χ0v) is 10.6. The summed E-state index contributed by atoms with van der Waals surface area (Å²) >= 11 is 0. The van der Waals surface area contributed by atoms with E-state index in [0.29, 0.717) is 11.6 Å². The van der Waals surface area contributed by atoms with Gasteiger partial charge in [-0.25, -0.2) is 4.98 Å². The van der Waals surface area contributed by atoms with E-state index in [1.807, 2.05) is 0 Å². The molecule has 0 bridgehead atoms. The second-order valence-electron chi connectivity index (χ2n) is 4.30. The third-order valence-corrected chi connectivity index (χ3v) is 2.70. The number of amides is 1. The molecule has 0 aromatic carbocycles. The SMILES string of the molecule is CC(C)N(C)CCNc1ccc(C(N)=O)cn1. The number of likely N-dealkylation sites (N-methyl/N-ethyl adjacent to an activating group) is 1. The fourth-order valence-electron chi connectivity index (χ4n) is 1.26. The summed E-state index contributed by atoms with van der Waals surface area (Å²) in [5, 5.41) is 3.19. The minimum absolute atomic E-state index is 0.426. The van der Waals surface area contributed by atoms with Gasteiger partial charge < -0.3 is 16.0 Å². The topological polar surface area (TPSA) is 71.2 Å². The molecule has 0 atom stereocenters. The Morgan fingerprint density at radius 3 is 2.71 bits per heavy atom. The molecule has 3 N–H and O–H groups in total. The van der Waals surface area contributed by atoms with Crippen LogP contribution in [0.4, 0.5) is 5.82 Å². The summed E-state index contributed by atoms with van der Waals surface area (Å²) in [6.07, 6.45) is 1.48. The van der Waals surface area contributed by atoms with E-state index in [4.69, 9.17) is 5.73 Å². The van der Waals surface area contributed by atoms with Crippen LogP contribution in [-0.2, 0) is 0 Å². The molecule has 0 saturated heterocycles. The fourth-order valence-corrected chi connectivity index (χ4v) is 1.26. The summed E-state index contributed by atoms with van der Waals surface area (Å²) in [5.41, 5.74) is 5.56. The van der Waals surface area contributed by atoms with Crippen molar-refractivity contribution >= 4 is 11.7 Å². The highest BCUT2D eigenvalue weighted by atomic mass is 16.1. The molecule has 1 rings (SSSR count). The van der Waals surface area contributed by atoms with Gasteiger partial charge in [0.15, 0.2) is 0 Å². The van der Waals surface area contributed by atoms with E-state index in [-0.39, 0.29) is 0 Å². The molecule has 0 fully saturated rings. The Balaban J connectivity index is 2.40. The van der Waals surface area contributed by atoms with Gasteiger partial charge >= 0.3 is 0 Å². The molecule has 0 saturated carbocycles. The minimum atomic E-state index is -0.455. The quantitative estimate of drug-likeness (QED) is 0.771. The molecule has 1 aromatic heterocycles. The van der Waals surface area contributed by atoms with E-state index in [1.165, 1.54) is 6.20 Å². The number of anilines is 1. The smallest absolute Gasteiger partial charge is 0.250 e. The predicted octanol–water partition coefficient (Wildman–Crippen LogP) is 0.933. The van der Waals surface area contributed by atoms with Crippen molar-refractivity contribution in [2.75, 3.05) is 25.5 Å². The molecule has 0 radical (unpaired) electrons. The number of hydrogen-bond donors (Lipinski definition) is 2. The van der Waals surface area contributed by atoms with E-state index >= 15 is 0 Å². The van der Waals surface area contributed by atoms with Crippen molar-refractivity contribution in [1.82, 2.24) is 9.88 Å². The van der Waals surface area contributed by atoms with Crippen LogP contribution in [-0.4, -0.2) is 42.0 Å². The van der Waals surface area contributed by atoms with Gasteiger partial charge in [0.05, 0.1) is 5.56 Å². The van der Waals surface area contributed by atoms with Gasteiger partial charge in [-0.15, -0.1) is 0 Å². The van der Waals surface area contributed by atoms with Gasteiger partial charge in [0.1, 0.15) is 5.82 Å². The largest absolute Gasteiger partial charge is 0.369 e. The number of carbonyl (C=O) groups excluding carboxylic acids is 1. The average Bonchev–Trinajstić information content (AvgIpc) is 2.29. The van der Waals surface area contributed by atoms with Crippen molar-refractivity contribution < 1.29 is 4.79 Å². The van der Waals surface area contributed by atoms with Gasteiger partial charge in [0.2, 0.25) is 5.91 Å². The molecule has 0 aliphatic heterocycles. The summed E-state index contributed by atoms with van der Waals surface area (Å²) in [4.78, 5) is 17.2. The second-order valence-corrected chi connectivity index (χ2v) is 4.30. The van der Waals surface area contributed by atoms with Gasteiger partial charge in [0, 0.05) is 25.3 Å². The van der Waals surface area contributed by atoms with Gasteiger partial charge in [-0.3, -0.25) is 4.79 Å². The van der Waals surface area contributed by atoms with Crippen molar-refractivity contribution in [3.05, 3.63) is 23.9 Å². The van der Waals surface area contributed by atoms with Crippen LogP contribution in [0.3, 0.4) is 0 Å². The maximum Gasteiger partial charge on any atom is 0.250 e. The molecular formula is C12H20N4O. The number of pyridine rings is 1. The van der Waals surface area contributed by atoms with Crippen LogP contribution in [0.5, 0.6) is 0 Å². The molecule has 0 aliphatic carbocycles. The van der Waals surface area contributed by atoms with Crippen LogP contribution in [0.25, 0.3) is 0 Å². The van der Waals surface area contributed by atoms with E-state index in [9.17, 15) is 4.79 Å². The number of primary amides is 1. The third kappa shape index (κ3) is 4.40. The Morgan fingerprint density at radius 1 is 1.53 bits per heavy atom. The summed E-state index contributed by atoms with van der Waals surface area (Å²) in [5.74, 6) is 0.302.